The molecule has 1 aromatic carbocycles. The summed E-state index contributed by atoms with van der Waals surface area (Å²) in [5.74, 6) is -0.878. The van der Waals surface area contributed by atoms with E-state index < -0.39 is 29.2 Å². The highest BCUT2D eigenvalue weighted by atomic mass is 19.4. The molecule has 5 nitrogen and oxygen atoms in total. The zero-order valence-corrected chi connectivity index (χ0v) is 17.7. The van der Waals surface area contributed by atoms with Gasteiger partial charge >= 0.3 is 6.18 Å². The second kappa shape index (κ2) is 8.32. The number of Topliss-reactive ketones (excluding diaryl/α,β-unsaturated/α-hetero) is 1. The molecule has 0 saturated heterocycles. The Morgan fingerprint density at radius 3 is 2.55 bits per heavy atom. The molecule has 166 valence electrons. The number of hydrogen-bond acceptors (Lipinski definition) is 3. The van der Waals surface area contributed by atoms with Gasteiger partial charge in [0.15, 0.2) is 5.78 Å². The number of nitrogens with one attached hydrogen (secondary N) is 2. The zero-order valence-electron chi connectivity index (χ0n) is 17.7. The molecule has 0 bridgehead atoms. The molecule has 0 fully saturated rings. The summed E-state index contributed by atoms with van der Waals surface area (Å²) in [7, 11) is 0. The van der Waals surface area contributed by atoms with Crippen molar-refractivity contribution in [3.05, 3.63) is 68.6 Å². The van der Waals surface area contributed by atoms with Crippen molar-refractivity contribution in [1.29, 1.82) is 0 Å². The number of rotatable bonds is 5. The third-order valence-electron chi connectivity index (χ3n) is 5.46. The fraction of sp³-hybridized carbons (Fsp3) is 0.435. The molecular formula is C23H25F3N2O3. The highest BCUT2D eigenvalue weighted by Crippen LogP contribution is 2.34. The topological polar surface area (TPSA) is 79.0 Å². The number of carbonyl (C=O) groups is 2. The van der Waals surface area contributed by atoms with Gasteiger partial charge in [-0.2, -0.15) is 13.2 Å². The van der Waals surface area contributed by atoms with Crippen LogP contribution in [0, 0.1) is 5.41 Å². The van der Waals surface area contributed by atoms with E-state index in [-0.39, 0.29) is 16.8 Å². The zero-order chi connectivity index (χ0) is 23.0. The molecule has 3 rings (SSSR count). The Balaban J connectivity index is 1.91. The Hall–Kier alpha value is -2.90. The Morgan fingerprint density at radius 2 is 1.90 bits per heavy atom. The summed E-state index contributed by atoms with van der Waals surface area (Å²) >= 11 is 0. The second-order valence-corrected chi connectivity index (χ2v) is 8.78. The van der Waals surface area contributed by atoms with Crippen LogP contribution < -0.4 is 10.9 Å². The molecular weight excluding hydrogens is 409 g/mol. The van der Waals surface area contributed by atoms with Crippen LogP contribution in [0.2, 0.25) is 0 Å². The van der Waals surface area contributed by atoms with E-state index in [1.54, 1.807) is 0 Å². The molecule has 1 atom stereocenters. The maximum atomic E-state index is 13.1. The molecule has 1 aromatic heterocycles. The Kier molecular flexibility index (Phi) is 6.11. The molecule has 1 unspecified atom stereocenters. The molecule has 0 radical (unpaired) electrons. The van der Waals surface area contributed by atoms with Crippen molar-refractivity contribution in [3.8, 4) is 0 Å². The average molecular weight is 434 g/mol. The van der Waals surface area contributed by atoms with E-state index in [4.69, 9.17) is 0 Å². The first-order valence-electron chi connectivity index (χ1n) is 10.2. The van der Waals surface area contributed by atoms with E-state index in [2.05, 4.69) is 10.3 Å². The van der Waals surface area contributed by atoms with Gasteiger partial charge in [0.05, 0.1) is 11.6 Å². The van der Waals surface area contributed by atoms with Crippen LogP contribution >= 0.6 is 0 Å². The standard InChI is InChI=1S/C23H25F3N2O3/c1-4-6-17(13-7-5-8-14(9-13)23(24,25)26)27-20(30)16-10-15-18(28-21(16)31)11-22(2,3)12-19(15)29/h5,7-10,17H,4,6,11-12H2,1-3H3,(H,27,30)(H,28,31). The number of pyridine rings is 1. The van der Waals surface area contributed by atoms with Crippen molar-refractivity contribution in [2.45, 2.75) is 58.7 Å². The number of ketones is 1. The lowest BCUT2D eigenvalue weighted by atomic mass is 9.75. The van der Waals surface area contributed by atoms with Crippen LogP contribution in [0.3, 0.4) is 0 Å². The van der Waals surface area contributed by atoms with E-state index in [9.17, 15) is 27.6 Å². The van der Waals surface area contributed by atoms with Crippen molar-refractivity contribution >= 4 is 11.7 Å². The van der Waals surface area contributed by atoms with Crippen LogP contribution in [0.25, 0.3) is 0 Å². The maximum Gasteiger partial charge on any atom is 0.416 e. The maximum absolute atomic E-state index is 13.1. The van der Waals surface area contributed by atoms with E-state index in [0.717, 1.165) is 12.1 Å². The van der Waals surface area contributed by atoms with Crippen molar-refractivity contribution in [2.75, 3.05) is 0 Å². The fourth-order valence-electron chi connectivity index (χ4n) is 3.98. The Labute approximate surface area is 178 Å². The molecule has 0 saturated carbocycles. The number of fused-ring (bicyclic) bond motifs is 1. The lowest BCUT2D eigenvalue weighted by molar-refractivity contribution is -0.137. The van der Waals surface area contributed by atoms with E-state index >= 15 is 0 Å². The van der Waals surface area contributed by atoms with Crippen molar-refractivity contribution < 1.29 is 22.8 Å². The molecule has 1 aliphatic rings. The van der Waals surface area contributed by atoms with Crippen LogP contribution in [-0.4, -0.2) is 16.7 Å². The second-order valence-electron chi connectivity index (χ2n) is 8.78. The van der Waals surface area contributed by atoms with Gasteiger partial charge in [-0.25, -0.2) is 0 Å². The number of carbonyl (C=O) groups excluding carboxylic acids is 2. The van der Waals surface area contributed by atoms with Gasteiger partial charge in [0.2, 0.25) is 0 Å². The highest BCUT2D eigenvalue weighted by molar-refractivity contribution is 6.02. The number of alkyl halides is 3. The monoisotopic (exact) mass is 434 g/mol. The summed E-state index contributed by atoms with van der Waals surface area (Å²) in [4.78, 5) is 40.6. The van der Waals surface area contributed by atoms with Gasteiger partial charge in [-0.05, 0) is 42.0 Å². The van der Waals surface area contributed by atoms with Crippen LogP contribution in [0.15, 0.2) is 35.1 Å². The number of benzene rings is 1. The lowest BCUT2D eigenvalue weighted by Gasteiger charge is -2.29. The van der Waals surface area contributed by atoms with Crippen LogP contribution in [0.5, 0.6) is 0 Å². The summed E-state index contributed by atoms with van der Waals surface area (Å²) in [5, 5.41) is 2.67. The van der Waals surface area contributed by atoms with Crippen LogP contribution in [0.4, 0.5) is 13.2 Å². The molecule has 2 N–H and O–H groups in total. The number of aromatic nitrogens is 1. The predicted octanol–water partition coefficient (Wildman–Crippen LogP) is 4.82. The van der Waals surface area contributed by atoms with Crippen LogP contribution in [-0.2, 0) is 12.6 Å². The summed E-state index contributed by atoms with van der Waals surface area (Å²) < 4.78 is 39.3. The van der Waals surface area contributed by atoms with Gasteiger partial charge < -0.3 is 10.3 Å². The number of hydrogen-bond donors (Lipinski definition) is 2. The molecule has 0 aliphatic heterocycles. The van der Waals surface area contributed by atoms with Crippen molar-refractivity contribution in [3.63, 3.8) is 0 Å². The highest BCUT2D eigenvalue weighted by Gasteiger charge is 2.33. The minimum absolute atomic E-state index is 0.153. The summed E-state index contributed by atoms with van der Waals surface area (Å²) in [6.07, 6.45) is -2.69. The summed E-state index contributed by atoms with van der Waals surface area (Å²) in [6, 6.07) is 5.37. The van der Waals surface area contributed by atoms with Crippen LogP contribution in [0.1, 0.15) is 83.6 Å². The normalized spacial score (nSPS) is 16.5. The summed E-state index contributed by atoms with van der Waals surface area (Å²) in [5.41, 5.74) is -0.814. The largest absolute Gasteiger partial charge is 0.416 e. The molecule has 31 heavy (non-hydrogen) atoms. The molecule has 8 heteroatoms. The van der Waals surface area contributed by atoms with Gasteiger partial charge in [0.25, 0.3) is 11.5 Å². The quantitative estimate of drug-likeness (QED) is 0.708. The van der Waals surface area contributed by atoms with Gasteiger partial charge in [0, 0.05) is 17.7 Å². The minimum Gasteiger partial charge on any atom is -0.345 e. The third-order valence-corrected chi connectivity index (χ3v) is 5.46. The number of amides is 1. The van der Waals surface area contributed by atoms with Crippen molar-refractivity contribution in [2.24, 2.45) is 5.41 Å². The Morgan fingerprint density at radius 1 is 1.19 bits per heavy atom. The van der Waals surface area contributed by atoms with Gasteiger partial charge in [-0.3, -0.25) is 14.4 Å². The van der Waals surface area contributed by atoms with E-state index in [1.807, 2.05) is 20.8 Å². The third kappa shape index (κ3) is 5.06. The number of aromatic amines is 1. The number of H-pyrrole nitrogens is 1. The SMILES string of the molecule is CCCC(NC(=O)c1cc2c([nH]c1=O)CC(C)(C)CC2=O)c1cccc(C(F)(F)F)c1. The van der Waals surface area contributed by atoms with Gasteiger partial charge in [-0.1, -0.05) is 39.3 Å². The molecule has 1 amide bonds. The van der Waals surface area contributed by atoms with Crippen molar-refractivity contribution in [1.82, 2.24) is 10.3 Å². The molecule has 2 aromatic rings. The lowest BCUT2D eigenvalue weighted by Crippen LogP contribution is -2.36. The molecule has 1 heterocycles. The van der Waals surface area contributed by atoms with E-state index in [0.29, 0.717) is 42.5 Å². The van der Waals surface area contributed by atoms with Gasteiger partial charge in [-0.15, -0.1) is 0 Å². The first kappa shape index (κ1) is 22.8. The predicted molar refractivity (Wildman–Crippen MR) is 110 cm³/mol. The van der Waals surface area contributed by atoms with Gasteiger partial charge in [0.1, 0.15) is 5.56 Å². The first-order valence-corrected chi connectivity index (χ1v) is 10.2. The molecule has 1 aliphatic carbocycles. The summed E-state index contributed by atoms with van der Waals surface area (Å²) in [6.45, 7) is 5.70. The average Bonchev–Trinajstić information content (AvgIpc) is 2.65. The first-order chi connectivity index (χ1) is 14.4. The Bertz CT molecular complexity index is 1070. The fourth-order valence-corrected chi connectivity index (χ4v) is 3.98. The number of halogens is 3. The van der Waals surface area contributed by atoms with E-state index in [1.165, 1.54) is 18.2 Å². The molecule has 0 spiro atoms. The minimum atomic E-state index is -4.50. The smallest absolute Gasteiger partial charge is 0.345 e.